The van der Waals surface area contributed by atoms with E-state index < -0.39 is 0 Å². The topological polar surface area (TPSA) is 30.5 Å². The predicted molar refractivity (Wildman–Crippen MR) is 78.1 cm³/mol. The molecule has 0 aliphatic carbocycles. The number of methoxy groups -OCH3 is 2. The maximum Gasteiger partial charge on any atom is 0.125 e. The number of ether oxygens (including phenoxy) is 2. The van der Waals surface area contributed by atoms with Crippen molar-refractivity contribution in [1.82, 2.24) is 5.32 Å². The Balaban J connectivity index is 2.26. The van der Waals surface area contributed by atoms with Gasteiger partial charge in [-0.05, 0) is 43.4 Å². The standard InChI is InChI=1S/C16H25NO2/c1-12(2)16(8-5-9-17-16)11-13-6-7-14(18-3)10-15(13)19-4/h6-7,10,12,17H,5,8-9,11H2,1-4H3. The number of benzene rings is 1. The van der Waals surface area contributed by atoms with E-state index in [1.54, 1.807) is 14.2 Å². The summed E-state index contributed by atoms with van der Waals surface area (Å²) in [6.07, 6.45) is 3.51. The normalized spacial score (nSPS) is 22.8. The van der Waals surface area contributed by atoms with Crippen LogP contribution in [0.3, 0.4) is 0 Å². The van der Waals surface area contributed by atoms with Crippen LogP contribution in [0.4, 0.5) is 0 Å². The van der Waals surface area contributed by atoms with Gasteiger partial charge in [0, 0.05) is 11.6 Å². The van der Waals surface area contributed by atoms with E-state index >= 15 is 0 Å². The molecule has 0 spiro atoms. The van der Waals surface area contributed by atoms with Crippen LogP contribution in [0.15, 0.2) is 18.2 Å². The summed E-state index contributed by atoms with van der Waals surface area (Å²) in [6.45, 7) is 5.72. The lowest BCUT2D eigenvalue weighted by molar-refractivity contribution is 0.265. The maximum absolute atomic E-state index is 5.52. The van der Waals surface area contributed by atoms with Gasteiger partial charge < -0.3 is 14.8 Å². The summed E-state index contributed by atoms with van der Waals surface area (Å²) in [7, 11) is 3.41. The summed E-state index contributed by atoms with van der Waals surface area (Å²) in [5, 5.41) is 3.71. The van der Waals surface area contributed by atoms with Crippen molar-refractivity contribution in [3.8, 4) is 11.5 Å². The molecule has 1 fully saturated rings. The van der Waals surface area contributed by atoms with Crippen molar-refractivity contribution >= 4 is 0 Å². The van der Waals surface area contributed by atoms with Crippen molar-refractivity contribution in [3.05, 3.63) is 23.8 Å². The minimum Gasteiger partial charge on any atom is -0.497 e. The summed E-state index contributed by atoms with van der Waals surface area (Å²) >= 11 is 0. The highest BCUT2D eigenvalue weighted by molar-refractivity contribution is 5.41. The molecule has 1 N–H and O–H groups in total. The third kappa shape index (κ3) is 2.86. The van der Waals surface area contributed by atoms with Crippen LogP contribution in [0.1, 0.15) is 32.3 Å². The summed E-state index contributed by atoms with van der Waals surface area (Å²) in [5.41, 5.74) is 1.47. The highest BCUT2D eigenvalue weighted by Crippen LogP contribution is 2.35. The Morgan fingerprint density at radius 1 is 1.26 bits per heavy atom. The molecule has 0 amide bonds. The Bertz CT molecular complexity index is 423. The van der Waals surface area contributed by atoms with E-state index in [0.717, 1.165) is 24.5 Å². The Morgan fingerprint density at radius 3 is 2.58 bits per heavy atom. The first-order valence-corrected chi connectivity index (χ1v) is 7.07. The van der Waals surface area contributed by atoms with Gasteiger partial charge >= 0.3 is 0 Å². The summed E-state index contributed by atoms with van der Waals surface area (Å²) in [5.74, 6) is 2.38. The lowest BCUT2D eigenvalue weighted by atomic mass is 9.79. The molecule has 2 rings (SSSR count). The fraction of sp³-hybridized carbons (Fsp3) is 0.625. The van der Waals surface area contributed by atoms with Crippen LogP contribution in [0, 0.1) is 5.92 Å². The Hall–Kier alpha value is -1.22. The van der Waals surface area contributed by atoms with E-state index in [-0.39, 0.29) is 5.54 Å². The number of rotatable bonds is 5. The molecule has 3 nitrogen and oxygen atoms in total. The molecule has 19 heavy (non-hydrogen) atoms. The number of nitrogens with one attached hydrogen (secondary N) is 1. The van der Waals surface area contributed by atoms with Crippen molar-refractivity contribution in [1.29, 1.82) is 0 Å². The molecule has 0 bridgehead atoms. The fourth-order valence-electron chi connectivity index (χ4n) is 3.02. The first kappa shape index (κ1) is 14.2. The average Bonchev–Trinajstić information content (AvgIpc) is 2.89. The maximum atomic E-state index is 5.52. The number of hydrogen-bond donors (Lipinski definition) is 1. The highest BCUT2D eigenvalue weighted by atomic mass is 16.5. The zero-order valence-corrected chi connectivity index (χ0v) is 12.5. The Kier molecular flexibility index (Phi) is 4.35. The molecular formula is C16H25NO2. The second kappa shape index (κ2) is 5.83. The van der Waals surface area contributed by atoms with Gasteiger partial charge in [-0.2, -0.15) is 0 Å². The lowest BCUT2D eigenvalue weighted by Crippen LogP contribution is -2.46. The van der Waals surface area contributed by atoms with Gasteiger partial charge in [-0.1, -0.05) is 19.9 Å². The first-order chi connectivity index (χ1) is 9.11. The molecule has 1 aliphatic heterocycles. The van der Waals surface area contributed by atoms with Crippen molar-refractivity contribution in [2.75, 3.05) is 20.8 Å². The fourth-order valence-corrected chi connectivity index (χ4v) is 3.02. The van der Waals surface area contributed by atoms with E-state index in [9.17, 15) is 0 Å². The Labute approximate surface area is 116 Å². The average molecular weight is 263 g/mol. The highest BCUT2D eigenvalue weighted by Gasteiger charge is 2.37. The molecule has 1 saturated heterocycles. The van der Waals surface area contributed by atoms with Crippen molar-refractivity contribution in [2.45, 2.75) is 38.6 Å². The van der Waals surface area contributed by atoms with E-state index in [2.05, 4.69) is 25.2 Å². The zero-order valence-electron chi connectivity index (χ0n) is 12.5. The van der Waals surface area contributed by atoms with Crippen LogP contribution in [-0.2, 0) is 6.42 Å². The zero-order chi connectivity index (χ0) is 13.9. The molecular weight excluding hydrogens is 238 g/mol. The lowest BCUT2D eigenvalue weighted by Gasteiger charge is -2.34. The van der Waals surface area contributed by atoms with Crippen molar-refractivity contribution in [3.63, 3.8) is 0 Å². The van der Waals surface area contributed by atoms with Crippen LogP contribution in [0.5, 0.6) is 11.5 Å². The molecule has 1 heterocycles. The largest absolute Gasteiger partial charge is 0.497 e. The monoisotopic (exact) mass is 263 g/mol. The van der Waals surface area contributed by atoms with Gasteiger partial charge in [-0.25, -0.2) is 0 Å². The van der Waals surface area contributed by atoms with E-state index in [4.69, 9.17) is 9.47 Å². The van der Waals surface area contributed by atoms with Gasteiger partial charge in [0.2, 0.25) is 0 Å². The van der Waals surface area contributed by atoms with Gasteiger partial charge in [-0.3, -0.25) is 0 Å². The Morgan fingerprint density at radius 2 is 2.05 bits per heavy atom. The van der Waals surface area contributed by atoms with Crippen LogP contribution in [-0.4, -0.2) is 26.3 Å². The quantitative estimate of drug-likeness (QED) is 0.885. The molecule has 0 saturated carbocycles. The molecule has 1 atom stereocenters. The molecule has 106 valence electrons. The second-order valence-corrected chi connectivity index (χ2v) is 5.70. The van der Waals surface area contributed by atoms with Gasteiger partial charge in [0.05, 0.1) is 14.2 Å². The van der Waals surface area contributed by atoms with Crippen LogP contribution in [0.2, 0.25) is 0 Å². The minimum atomic E-state index is 0.210. The van der Waals surface area contributed by atoms with Crippen LogP contribution < -0.4 is 14.8 Å². The van der Waals surface area contributed by atoms with Crippen molar-refractivity contribution in [2.24, 2.45) is 5.92 Å². The van der Waals surface area contributed by atoms with Crippen molar-refractivity contribution < 1.29 is 9.47 Å². The molecule has 1 unspecified atom stereocenters. The van der Waals surface area contributed by atoms with Crippen LogP contribution in [0.25, 0.3) is 0 Å². The SMILES string of the molecule is COc1ccc(CC2(C(C)C)CCCN2)c(OC)c1. The minimum absolute atomic E-state index is 0.210. The summed E-state index contributed by atoms with van der Waals surface area (Å²) < 4.78 is 10.8. The molecule has 0 aromatic heterocycles. The van der Waals surface area contributed by atoms with Gasteiger partial charge in [0.1, 0.15) is 11.5 Å². The van der Waals surface area contributed by atoms with Crippen LogP contribution >= 0.6 is 0 Å². The molecule has 1 aromatic rings. The second-order valence-electron chi connectivity index (χ2n) is 5.70. The first-order valence-electron chi connectivity index (χ1n) is 7.07. The van der Waals surface area contributed by atoms with Gasteiger partial charge in [0.25, 0.3) is 0 Å². The predicted octanol–water partition coefficient (Wildman–Crippen LogP) is 3.02. The summed E-state index contributed by atoms with van der Waals surface area (Å²) in [6, 6.07) is 6.11. The van der Waals surface area contributed by atoms with E-state index in [0.29, 0.717) is 5.92 Å². The van der Waals surface area contributed by atoms with E-state index in [1.165, 1.54) is 18.4 Å². The van der Waals surface area contributed by atoms with Gasteiger partial charge in [0.15, 0.2) is 0 Å². The smallest absolute Gasteiger partial charge is 0.125 e. The molecule has 0 radical (unpaired) electrons. The third-order valence-electron chi connectivity index (χ3n) is 4.38. The third-order valence-corrected chi connectivity index (χ3v) is 4.38. The summed E-state index contributed by atoms with van der Waals surface area (Å²) in [4.78, 5) is 0. The molecule has 3 heteroatoms. The number of hydrogen-bond acceptors (Lipinski definition) is 3. The molecule has 1 aliphatic rings. The van der Waals surface area contributed by atoms with E-state index in [1.807, 2.05) is 12.1 Å². The van der Waals surface area contributed by atoms with Gasteiger partial charge in [-0.15, -0.1) is 0 Å². The molecule has 1 aromatic carbocycles.